The Kier molecular flexibility index (Phi) is 9.39. The number of hydrogen-bond acceptors (Lipinski definition) is 4. The molecule has 25 heavy (non-hydrogen) atoms. The lowest BCUT2D eigenvalue weighted by Gasteiger charge is -2.38. The van der Waals surface area contributed by atoms with Crippen molar-refractivity contribution in [3.05, 3.63) is 24.3 Å². The lowest BCUT2D eigenvalue weighted by Crippen LogP contribution is -2.52. The van der Waals surface area contributed by atoms with Gasteiger partial charge in [0.15, 0.2) is 0 Å². The lowest BCUT2D eigenvalue weighted by molar-refractivity contribution is -0.136. The van der Waals surface area contributed by atoms with Crippen molar-refractivity contribution in [1.29, 1.82) is 0 Å². The zero-order valence-corrected chi connectivity index (χ0v) is 16.4. The van der Waals surface area contributed by atoms with Crippen molar-refractivity contribution in [2.75, 3.05) is 50.8 Å². The second kappa shape index (κ2) is 10.7. The van der Waals surface area contributed by atoms with Crippen molar-refractivity contribution >= 4 is 36.4 Å². The zero-order chi connectivity index (χ0) is 16.1. The number of carbonyl (C=O) groups is 1. The molecule has 1 atom stereocenters. The summed E-state index contributed by atoms with van der Waals surface area (Å²) < 4.78 is 5.73. The molecule has 2 aliphatic heterocycles. The monoisotopic (exact) mass is 389 g/mol. The molecule has 0 aromatic heterocycles. The number of para-hydroxylation sites is 2. The number of halogens is 2. The number of ether oxygens (including phenoxy) is 1. The highest BCUT2D eigenvalue weighted by Crippen LogP contribution is 2.29. The Morgan fingerprint density at radius 3 is 2.56 bits per heavy atom. The maximum Gasteiger partial charge on any atom is 0.227 e. The number of nitrogens with zero attached hydrogens (tertiary/aromatic N) is 2. The molecule has 3 rings (SSSR count). The van der Waals surface area contributed by atoms with Gasteiger partial charge in [-0.15, -0.1) is 24.8 Å². The smallest absolute Gasteiger partial charge is 0.227 e. The van der Waals surface area contributed by atoms with E-state index in [4.69, 9.17) is 4.74 Å². The number of benzene rings is 1. The first-order chi connectivity index (χ1) is 11.3. The highest BCUT2D eigenvalue weighted by atomic mass is 35.5. The second-order valence-corrected chi connectivity index (χ2v) is 6.26. The van der Waals surface area contributed by atoms with Crippen molar-refractivity contribution in [2.45, 2.75) is 19.8 Å². The third kappa shape index (κ3) is 5.40. The zero-order valence-electron chi connectivity index (χ0n) is 14.8. The van der Waals surface area contributed by atoms with Crippen LogP contribution in [0, 0.1) is 5.92 Å². The number of amides is 1. The summed E-state index contributed by atoms with van der Waals surface area (Å²) in [6.45, 7) is 7.91. The Hall–Kier alpha value is -1.17. The molecular formula is C18H29Cl2N3O2. The van der Waals surface area contributed by atoms with Gasteiger partial charge in [-0.05, 0) is 38.4 Å². The minimum absolute atomic E-state index is 0. The summed E-state index contributed by atoms with van der Waals surface area (Å²) in [5.74, 6) is 1.44. The normalized spacial score (nSPS) is 20.3. The van der Waals surface area contributed by atoms with E-state index in [1.54, 1.807) is 0 Å². The summed E-state index contributed by atoms with van der Waals surface area (Å²) in [6.07, 6.45) is 2.14. The lowest BCUT2D eigenvalue weighted by atomic mass is 9.98. The SMILES string of the molecule is CCOc1ccccc1N1CCN(C(=O)[C@@H]2CCCNC2)CC1.Cl.Cl. The molecule has 2 aliphatic rings. The third-order valence-electron chi connectivity index (χ3n) is 4.74. The fourth-order valence-corrected chi connectivity index (χ4v) is 3.48. The number of nitrogens with one attached hydrogen (secondary N) is 1. The molecule has 0 radical (unpaired) electrons. The van der Waals surface area contributed by atoms with Gasteiger partial charge < -0.3 is 19.9 Å². The van der Waals surface area contributed by atoms with Gasteiger partial charge in [-0.3, -0.25) is 4.79 Å². The van der Waals surface area contributed by atoms with Crippen LogP contribution in [-0.2, 0) is 4.79 Å². The molecule has 2 heterocycles. The quantitative estimate of drug-likeness (QED) is 0.859. The van der Waals surface area contributed by atoms with Gasteiger partial charge in [-0.1, -0.05) is 12.1 Å². The van der Waals surface area contributed by atoms with Crippen LogP contribution in [0.4, 0.5) is 5.69 Å². The molecule has 1 aromatic rings. The Morgan fingerprint density at radius 2 is 1.92 bits per heavy atom. The van der Waals surface area contributed by atoms with Crippen molar-refractivity contribution < 1.29 is 9.53 Å². The summed E-state index contributed by atoms with van der Waals surface area (Å²) in [6, 6.07) is 8.17. The molecule has 1 amide bonds. The minimum Gasteiger partial charge on any atom is -0.492 e. The van der Waals surface area contributed by atoms with Gasteiger partial charge in [0.1, 0.15) is 5.75 Å². The number of anilines is 1. The van der Waals surface area contributed by atoms with Gasteiger partial charge in [0.25, 0.3) is 0 Å². The van der Waals surface area contributed by atoms with Crippen LogP contribution in [0.25, 0.3) is 0 Å². The van der Waals surface area contributed by atoms with Crippen LogP contribution in [0.3, 0.4) is 0 Å². The number of carbonyl (C=O) groups excluding carboxylic acids is 1. The molecule has 0 unspecified atom stereocenters. The van der Waals surface area contributed by atoms with E-state index in [1.165, 1.54) is 0 Å². The van der Waals surface area contributed by atoms with E-state index in [9.17, 15) is 4.79 Å². The molecule has 2 saturated heterocycles. The van der Waals surface area contributed by atoms with Crippen molar-refractivity contribution in [3.63, 3.8) is 0 Å². The molecule has 1 aromatic carbocycles. The van der Waals surface area contributed by atoms with Gasteiger partial charge >= 0.3 is 0 Å². The topological polar surface area (TPSA) is 44.8 Å². The van der Waals surface area contributed by atoms with Crippen LogP contribution in [0.15, 0.2) is 24.3 Å². The van der Waals surface area contributed by atoms with Crippen LogP contribution < -0.4 is 15.0 Å². The van der Waals surface area contributed by atoms with E-state index in [-0.39, 0.29) is 30.7 Å². The van der Waals surface area contributed by atoms with Crippen LogP contribution >= 0.6 is 24.8 Å². The largest absolute Gasteiger partial charge is 0.492 e. The average molecular weight is 390 g/mol. The fourth-order valence-electron chi connectivity index (χ4n) is 3.48. The van der Waals surface area contributed by atoms with E-state index < -0.39 is 0 Å². The van der Waals surface area contributed by atoms with Gasteiger partial charge in [-0.2, -0.15) is 0 Å². The first-order valence-electron chi connectivity index (χ1n) is 8.76. The van der Waals surface area contributed by atoms with E-state index >= 15 is 0 Å². The number of hydrogen-bond donors (Lipinski definition) is 1. The molecule has 5 nitrogen and oxygen atoms in total. The van der Waals surface area contributed by atoms with E-state index in [0.717, 1.165) is 63.5 Å². The average Bonchev–Trinajstić information content (AvgIpc) is 2.63. The molecule has 0 aliphatic carbocycles. The molecule has 142 valence electrons. The number of piperidine rings is 1. The summed E-state index contributed by atoms with van der Waals surface area (Å²) in [7, 11) is 0. The first kappa shape index (κ1) is 21.9. The Balaban J connectivity index is 0.00000156. The summed E-state index contributed by atoms with van der Waals surface area (Å²) in [5.41, 5.74) is 1.14. The van der Waals surface area contributed by atoms with Gasteiger partial charge in [0.05, 0.1) is 18.2 Å². The van der Waals surface area contributed by atoms with Crippen LogP contribution in [0.2, 0.25) is 0 Å². The number of piperazine rings is 1. The van der Waals surface area contributed by atoms with Crippen molar-refractivity contribution in [3.8, 4) is 5.75 Å². The Morgan fingerprint density at radius 1 is 1.20 bits per heavy atom. The molecular weight excluding hydrogens is 361 g/mol. The van der Waals surface area contributed by atoms with Crippen LogP contribution in [0.1, 0.15) is 19.8 Å². The fraction of sp³-hybridized carbons (Fsp3) is 0.611. The molecule has 1 N–H and O–H groups in total. The minimum atomic E-state index is 0. The number of rotatable bonds is 4. The van der Waals surface area contributed by atoms with Gasteiger partial charge in [0, 0.05) is 32.7 Å². The maximum atomic E-state index is 12.6. The summed E-state index contributed by atoms with van der Waals surface area (Å²) >= 11 is 0. The third-order valence-corrected chi connectivity index (χ3v) is 4.74. The van der Waals surface area contributed by atoms with Crippen molar-refractivity contribution in [1.82, 2.24) is 10.2 Å². The van der Waals surface area contributed by atoms with E-state index in [0.29, 0.717) is 12.5 Å². The molecule has 0 saturated carbocycles. The first-order valence-corrected chi connectivity index (χ1v) is 8.76. The molecule has 2 fully saturated rings. The standard InChI is InChI=1S/C18H27N3O2.2ClH/c1-2-23-17-8-4-3-7-16(17)20-10-12-21(13-11-20)18(22)15-6-5-9-19-14-15;;/h3-4,7-8,15,19H,2,5-6,9-14H2,1H3;2*1H/t15-;;/m1../s1. The Bertz CT molecular complexity index is 531. The highest BCUT2D eigenvalue weighted by molar-refractivity contribution is 5.85. The predicted octanol–water partition coefficient (Wildman–Crippen LogP) is 2.58. The molecule has 0 bridgehead atoms. The molecule has 0 spiro atoms. The van der Waals surface area contributed by atoms with Crippen LogP contribution in [0.5, 0.6) is 5.75 Å². The second-order valence-electron chi connectivity index (χ2n) is 6.26. The van der Waals surface area contributed by atoms with Gasteiger partial charge in [0.2, 0.25) is 5.91 Å². The summed E-state index contributed by atoms with van der Waals surface area (Å²) in [5, 5.41) is 3.34. The van der Waals surface area contributed by atoms with Crippen molar-refractivity contribution in [2.24, 2.45) is 5.92 Å². The van der Waals surface area contributed by atoms with Gasteiger partial charge in [-0.25, -0.2) is 0 Å². The Labute approximate surface area is 162 Å². The van der Waals surface area contributed by atoms with E-state index in [2.05, 4.69) is 16.3 Å². The highest BCUT2D eigenvalue weighted by Gasteiger charge is 2.28. The predicted molar refractivity (Wildman–Crippen MR) is 106 cm³/mol. The molecule has 7 heteroatoms. The van der Waals surface area contributed by atoms with E-state index in [1.807, 2.05) is 30.0 Å². The summed E-state index contributed by atoms with van der Waals surface area (Å²) in [4.78, 5) is 17.0. The van der Waals surface area contributed by atoms with Crippen LogP contribution in [-0.4, -0.2) is 56.7 Å². The maximum absolute atomic E-state index is 12.6.